The number of carbonyl (C=O) groups is 1. The maximum Gasteiger partial charge on any atom is 0.365 e. The molecule has 0 unspecified atom stereocenters. The largest absolute Gasteiger partial charge is 0.365 e. The number of nitro groups is 1. The first kappa shape index (κ1) is 14.3. The number of hydrogen-bond acceptors (Lipinski definition) is 6. The van der Waals surface area contributed by atoms with Gasteiger partial charge in [-0.1, -0.05) is 5.16 Å². The van der Waals surface area contributed by atoms with Gasteiger partial charge in [0.15, 0.2) is 0 Å². The van der Waals surface area contributed by atoms with E-state index in [4.69, 9.17) is 4.84 Å². The van der Waals surface area contributed by atoms with Crippen LogP contribution < -0.4 is 0 Å². The number of nitrogens with zero attached hydrogens (tertiary/aromatic N) is 3. The molecule has 7 nitrogen and oxygen atoms in total. The van der Waals surface area contributed by atoms with Crippen molar-refractivity contribution in [1.82, 2.24) is 4.98 Å². The topological polar surface area (TPSA) is 94.7 Å². The van der Waals surface area contributed by atoms with Crippen LogP contribution in [0.1, 0.15) is 22.8 Å². The van der Waals surface area contributed by atoms with Gasteiger partial charge < -0.3 is 4.84 Å². The third kappa shape index (κ3) is 3.69. The molecule has 106 valence electrons. The van der Waals surface area contributed by atoms with Gasteiger partial charge in [0.2, 0.25) is 0 Å². The van der Waals surface area contributed by atoms with Crippen molar-refractivity contribution in [2.24, 2.45) is 5.16 Å². The van der Waals surface area contributed by atoms with E-state index < -0.39 is 10.9 Å². The molecule has 0 radical (unpaired) electrons. The van der Waals surface area contributed by atoms with Crippen molar-refractivity contribution in [3.8, 4) is 0 Å². The van der Waals surface area contributed by atoms with Crippen molar-refractivity contribution in [3.63, 3.8) is 0 Å². The highest BCUT2D eigenvalue weighted by Crippen LogP contribution is 2.13. The maximum atomic E-state index is 11.8. The molecule has 0 aliphatic rings. The van der Waals surface area contributed by atoms with Gasteiger partial charge in [0, 0.05) is 30.1 Å². The van der Waals surface area contributed by atoms with Gasteiger partial charge in [0.05, 0.1) is 16.2 Å². The Morgan fingerprint density at radius 2 is 1.76 bits per heavy atom. The van der Waals surface area contributed by atoms with Crippen LogP contribution in [-0.2, 0) is 4.84 Å². The van der Waals surface area contributed by atoms with Crippen molar-refractivity contribution in [2.45, 2.75) is 6.92 Å². The number of benzene rings is 1. The van der Waals surface area contributed by atoms with E-state index in [1.54, 1.807) is 31.5 Å². The summed E-state index contributed by atoms with van der Waals surface area (Å²) in [7, 11) is 0. The predicted octanol–water partition coefficient (Wildman–Crippen LogP) is 2.57. The fourth-order valence-electron chi connectivity index (χ4n) is 1.53. The SMILES string of the molecule is C/C(=N\OC(=O)c1ccc([N+](=O)[O-])cc1)c1ccncc1. The number of nitro benzene ring substituents is 1. The van der Waals surface area contributed by atoms with Gasteiger partial charge in [-0.2, -0.15) is 0 Å². The molecular weight excluding hydrogens is 274 g/mol. The Morgan fingerprint density at radius 3 is 2.33 bits per heavy atom. The molecule has 1 heterocycles. The average molecular weight is 285 g/mol. The average Bonchev–Trinajstić information content (AvgIpc) is 2.53. The van der Waals surface area contributed by atoms with Crippen LogP contribution in [0.4, 0.5) is 5.69 Å². The number of oxime groups is 1. The molecule has 0 saturated heterocycles. The predicted molar refractivity (Wildman–Crippen MR) is 75.0 cm³/mol. The van der Waals surface area contributed by atoms with E-state index >= 15 is 0 Å². The lowest BCUT2D eigenvalue weighted by molar-refractivity contribution is -0.384. The molecule has 7 heteroatoms. The summed E-state index contributed by atoms with van der Waals surface area (Å²) in [6.07, 6.45) is 3.21. The lowest BCUT2D eigenvalue weighted by atomic mass is 10.2. The van der Waals surface area contributed by atoms with Crippen LogP contribution in [-0.4, -0.2) is 21.6 Å². The van der Waals surface area contributed by atoms with Crippen molar-refractivity contribution < 1.29 is 14.6 Å². The van der Waals surface area contributed by atoms with Crippen LogP contribution in [0.3, 0.4) is 0 Å². The third-order valence-electron chi connectivity index (χ3n) is 2.68. The fourth-order valence-corrected chi connectivity index (χ4v) is 1.53. The molecule has 0 spiro atoms. The molecule has 2 rings (SSSR count). The monoisotopic (exact) mass is 285 g/mol. The highest BCUT2D eigenvalue weighted by atomic mass is 16.7. The zero-order valence-corrected chi connectivity index (χ0v) is 11.1. The van der Waals surface area contributed by atoms with E-state index in [1.807, 2.05) is 0 Å². The molecule has 21 heavy (non-hydrogen) atoms. The maximum absolute atomic E-state index is 11.8. The number of non-ortho nitro benzene ring substituents is 1. The van der Waals surface area contributed by atoms with Crippen molar-refractivity contribution >= 4 is 17.4 Å². The van der Waals surface area contributed by atoms with Crippen molar-refractivity contribution in [2.75, 3.05) is 0 Å². The highest BCUT2D eigenvalue weighted by Gasteiger charge is 2.11. The molecule has 0 atom stereocenters. The Labute approximate surface area is 120 Å². The molecule has 0 fully saturated rings. The van der Waals surface area contributed by atoms with Gasteiger partial charge in [-0.15, -0.1) is 0 Å². The second-order valence-electron chi connectivity index (χ2n) is 4.10. The van der Waals surface area contributed by atoms with E-state index in [-0.39, 0.29) is 11.3 Å². The highest BCUT2D eigenvalue weighted by molar-refractivity contribution is 5.99. The third-order valence-corrected chi connectivity index (χ3v) is 2.68. The molecule has 0 aliphatic heterocycles. The Balaban J connectivity index is 2.06. The molecule has 0 amide bonds. The standard InChI is InChI=1S/C14H11N3O4/c1-10(11-6-8-15-9-7-11)16-21-14(18)12-2-4-13(5-3-12)17(19)20/h2-9H,1H3/b16-10+. The summed E-state index contributed by atoms with van der Waals surface area (Å²) in [5.41, 5.74) is 1.39. The van der Waals surface area contributed by atoms with Gasteiger partial charge in [-0.3, -0.25) is 15.1 Å². The molecule has 2 aromatic rings. The Hall–Kier alpha value is -3.09. The number of carbonyl (C=O) groups excluding carboxylic acids is 1. The number of aromatic nitrogens is 1. The van der Waals surface area contributed by atoms with Gasteiger partial charge in [-0.25, -0.2) is 4.79 Å². The minimum Gasteiger partial charge on any atom is -0.313 e. The van der Waals surface area contributed by atoms with Crippen molar-refractivity contribution in [3.05, 3.63) is 70.0 Å². The number of pyridine rings is 1. The minimum absolute atomic E-state index is 0.0944. The summed E-state index contributed by atoms with van der Waals surface area (Å²) in [4.78, 5) is 30.4. The second-order valence-corrected chi connectivity index (χ2v) is 4.10. The summed E-state index contributed by atoms with van der Waals surface area (Å²) in [5.74, 6) is -0.682. The zero-order chi connectivity index (χ0) is 15.2. The summed E-state index contributed by atoms with van der Waals surface area (Å²) in [6.45, 7) is 1.69. The Bertz CT molecular complexity index is 681. The zero-order valence-electron chi connectivity index (χ0n) is 11.1. The van der Waals surface area contributed by atoms with Crippen LogP contribution >= 0.6 is 0 Å². The van der Waals surface area contributed by atoms with E-state index in [0.717, 1.165) is 5.56 Å². The summed E-state index contributed by atoms with van der Waals surface area (Å²) in [6, 6.07) is 8.57. The van der Waals surface area contributed by atoms with E-state index in [1.165, 1.54) is 24.3 Å². The van der Waals surface area contributed by atoms with Crippen molar-refractivity contribution in [1.29, 1.82) is 0 Å². The van der Waals surface area contributed by atoms with Gasteiger partial charge >= 0.3 is 5.97 Å². The number of hydrogen-bond donors (Lipinski definition) is 0. The van der Waals surface area contributed by atoms with Crippen LogP contribution in [0.25, 0.3) is 0 Å². The quantitative estimate of drug-likeness (QED) is 0.372. The summed E-state index contributed by atoms with van der Waals surface area (Å²) in [5, 5.41) is 14.3. The second kappa shape index (κ2) is 6.38. The molecular formula is C14H11N3O4. The van der Waals surface area contributed by atoms with E-state index in [9.17, 15) is 14.9 Å². The first-order chi connectivity index (χ1) is 10.1. The van der Waals surface area contributed by atoms with Gasteiger partial charge in [-0.05, 0) is 31.2 Å². The molecule has 0 N–H and O–H groups in total. The Morgan fingerprint density at radius 1 is 1.14 bits per heavy atom. The van der Waals surface area contributed by atoms with E-state index in [2.05, 4.69) is 10.1 Å². The van der Waals surface area contributed by atoms with Crippen LogP contribution in [0, 0.1) is 10.1 Å². The molecule has 0 saturated carbocycles. The fraction of sp³-hybridized carbons (Fsp3) is 0.0714. The number of rotatable bonds is 4. The van der Waals surface area contributed by atoms with E-state index in [0.29, 0.717) is 5.71 Å². The van der Waals surface area contributed by atoms with Crippen LogP contribution in [0.2, 0.25) is 0 Å². The molecule has 1 aromatic carbocycles. The van der Waals surface area contributed by atoms with Gasteiger partial charge in [0.25, 0.3) is 5.69 Å². The summed E-state index contributed by atoms with van der Waals surface area (Å²) >= 11 is 0. The molecule has 1 aromatic heterocycles. The first-order valence-corrected chi connectivity index (χ1v) is 5.98. The molecule has 0 bridgehead atoms. The lowest BCUT2D eigenvalue weighted by Gasteiger charge is -2.01. The first-order valence-electron chi connectivity index (χ1n) is 5.98. The van der Waals surface area contributed by atoms with Gasteiger partial charge in [0.1, 0.15) is 0 Å². The smallest absolute Gasteiger partial charge is 0.313 e. The minimum atomic E-state index is -0.682. The Kier molecular flexibility index (Phi) is 4.35. The normalized spacial score (nSPS) is 11.0. The summed E-state index contributed by atoms with van der Waals surface area (Å²) < 4.78 is 0. The van der Waals surface area contributed by atoms with Crippen LogP contribution in [0.15, 0.2) is 53.9 Å². The molecule has 0 aliphatic carbocycles. The lowest BCUT2D eigenvalue weighted by Crippen LogP contribution is -2.04. The van der Waals surface area contributed by atoms with Crippen LogP contribution in [0.5, 0.6) is 0 Å².